The molecule has 0 aromatic rings. The molecule has 1 aliphatic rings. The van der Waals surface area contributed by atoms with Crippen LogP contribution in [0.3, 0.4) is 0 Å². The van der Waals surface area contributed by atoms with Gasteiger partial charge in [-0.2, -0.15) is 0 Å². The van der Waals surface area contributed by atoms with E-state index in [1.807, 2.05) is 0 Å². The number of nitrogens with one attached hydrogen (secondary N) is 1. The number of likely N-dealkylation sites (N-methyl/N-ethyl adjacent to an activating group) is 1. The van der Waals surface area contributed by atoms with Crippen LogP contribution in [0.5, 0.6) is 0 Å². The summed E-state index contributed by atoms with van der Waals surface area (Å²) in [6, 6.07) is 0.178. The van der Waals surface area contributed by atoms with Gasteiger partial charge < -0.3 is 10.2 Å². The summed E-state index contributed by atoms with van der Waals surface area (Å²) in [4.78, 5) is 2.28. The third-order valence-corrected chi connectivity index (χ3v) is 4.60. The summed E-state index contributed by atoms with van der Waals surface area (Å²) in [6.07, 6.45) is 0.774. The van der Waals surface area contributed by atoms with E-state index in [1.54, 1.807) is 0 Å². The fourth-order valence-corrected chi connectivity index (χ4v) is 3.84. The van der Waals surface area contributed by atoms with Crippen molar-refractivity contribution >= 4 is 9.84 Å². The van der Waals surface area contributed by atoms with E-state index in [2.05, 4.69) is 31.1 Å². The van der Waals surface area contributed by atoms with Crippen molar-refractivity contribution in [1.82, 2.24) is 10.2 Å². The lowest BCUT2D eigenvalue weighted by atomic mass is 10.2. The van der Waals surface area contributed by atoms with Gasteiger partial charge in [0.25, 0.3) is 0 Å². The fraction of sp³-hybridized carbons (Fsp3) is 1.00. The van der Waals surface area contributed by atoms with Gasteiger partial charge in [0.2, 0.25) is 0 Å². The first-order chi connectivity index (χ1) is 7.39. The minimum atomic E-state index is -2.74. The Balaban J connectivity index is 2.12. The second kappa shape index (κ2) is 5.98. The quantitative estimate of drug-likeness (QED) is 0.737. The molecule has 0 bridgehead atoms. The van der Waals surface area contributed by atoms with Crippen LogP contribution < -0.4 is 5.32 Å². The van der Waals surface area contributed by atoms with Crippen LogP contribution in [0.15, 0.2) is 0 Å². The van der Waals surface area contributed by atoms with Crippen LogP contribution in [0.2, 0.25) is 0 Å². The van der Waals surface area contributed by atoms with E-state index < -0.39 is 9.84 Å². The first-order valence-corrected chi connectivity index (χ1v) is 7.83. The normalized spacial score (nSPS) is 24.4. The van der Waals surface area contributed by atoms with Crippen molar-refractivity contribution in [3.63, 3.8) is 0 Å². The average molecular weight is 248 g/mol. The predicted octanol–water partition coefficient (Wildman–Crippen LogP) is 0.351. The first-order valence-electron chi connectivity index (χ1n) is 6.01. The molecular weight excluding hydrogens is 224 g/mol. The van der Waals surface area contributed by atoms with Crippen LogP contribution in [-0.2, 0) is 9.84 Å². The molecule has 1 saturated heterocycles. The van der Waals surface area contributed by atoms with Gasteiger partial charge in [0.05, 0.1) is 11.5 Å². The summed E-state index contributed by atoms with van der Waals surface area (Å²) < 4.78 is 22.5. The van der Waals surface area contributed by atoms with Gasteiger partial charge in [-0.3, -0.25) is 0 Å². The predicted molar refractivity (Wildman–Crippen MR) is 67.4 cm³/mol. The number of hydrogen-bond donors (Lipinski definition) is 1. The molecule has 96 valence electrons. The maximum absolute atomic E-state index is 11.2. The highest BCUT2D eigenvalue weighted by Gasteiger charge is 2.27. The second-order valence-corrected chi connectivity index (χ2v) is 7.44. The van der Waals surface area contributed by atoms with E-state index >= 15 is 0 Å². The second-order valence-electron chi connectivity index (χ2n) is 5.21. The van der Waals surface area contributed by atoms with Crippen molar-refractivity contribution in [2.24, 2.45) is 5.92 Å². The highest BCUT2D eigenvalue weighted by Crippen LogP contribution is 2.10. The topological polar surface area (TPSA) is 49.4 Å². The summed E-state index contributed by atoms with van der Waals surface area (Å²) >= 11 is 0. The SMILES string of the molecule is CC(C)CN(C)CCNC1CCS(=O)(=O)C1. The van der Waals surface area contributed by atoms with Crippen LogP contribution in [-0.4, -0.2) is 57.5 Å². The number of rotatable bonds is 6. The van der Waals surface area contributed by atoms with Crippen LogP contribution in [0.4, 0.5) is 0 Å². The summed E-state index contributed by atoms with van der Waals surface area (Å²) in [5, 5.41) is 3.32. The lowest BCUT2D eigenvalue weighted by molar-refractivity contribution is 0.291. The lowest BCUT2D eigenvalue weighted by Crippen LogP contribution is -2.37. The van der Waals surface area contributed by atoms with E-state index in [0.717, 1.165) is 26.1 Å². The Morgan fingerprint density at radius 2 is 2.12 bits per heavy atom. The zero-order chi connectivity index (χ0) is 12.2. The van der Waals surface area contributed by atoms with Gasteiger partial charge in [-0.1, -0.05) is 13.8 Å². The molecule has 1 heterocycles. The standard InChI is InChI=1S/C11H24N2O2S/c1-10(2)8-13(3)6-5-12-11-4-7-16(14,15)9-11/h10-12H,4-9H2,1-3H3. The highest BCUT2D eigenvalue weighted by atomic mass is 32.2. The molecule has 0 saturated carbocycles. The van der Waals surface area contributed by atoms with Gasteiger partial charge >= 0.3 is 0 Å². The van der Waals surface area contributed by atoms with Gasteiger partial charge in [0.15, 0.2) is 9.84 Å². The molecule has 1 rings (SSSR count). The van der Waals surface area contributed by atoms with E-state index in [-0.39, 0.29) is 6.04 Å². The fourth-order valence-electron chi connectivity index (χ4n) is 2.13. The Labute approximate surface area is 99.3 Å². The summed E-state index contributed by atoms with van der Waals surface area (Å²) in [5.74, 6) is 1.35. The molecule has 1 atom stereocenters. The molecule has 0 spiro atoms. The Hall–Kier alpha value is -0.130. The lowest BCUT2D eigenvalue weighted by Gasteiger charge is -2.20. The van der Waals surface area contributed by atoms with E-state index in [4.69, 9.17) is 0 Å². The summed E-state index contributed by atoms with van der Waals surface area (Å²) in [6.45, 7) is 7.35. The van der Waals surface area contributed by atoms with E-state index in [0.29, 0.717) is 17.4 Å². The average Bonchev–Trinajstić information content (AvgIpc) is 2.44. The van der Waals surface area contributed by atoms with Gasteiger partial charge in [0, 0.05) is 25.7 Å². The van der Waals surface area contributed by atoms with Crippen molar-refractivity contribution in [3.05, 3.63) is 0 Å². The molecule has 0 amide bonds. The minimum absolute atomic E-state index is 0.178. The van der Waals surface area contributed by atoms with Crippen molar-refractivity contribution in [2.45, 2.75) is 26.3 Å². The van der Waals surface area contributed by atoms with Gasteiger partial charge in [-0.25, -0.2) is 8.42 Å². The zero-order valence-corrected chi connectivity index (χ0v) is 11.4. The van der Waals surface area contributed by atoms with Gasteiger partial charge in [-0.15, -0.1) is 0 Å². The van der Waals surface area contributed by atoms with Crippen molar-refractivity contribution < 1.29 is 8.42 Å². The Bertz CT molecular complexity index is 301. The molecule has 0 radical (unpaired) electrons. The van der Waals surface area contributed by atoms with Crippen molar-refractivity contribution in [2.75, 3.05) is 38.2 Å². The molecule has 16 heavy (non-hydrogen) atoms. The Morgan fingerprint density at radius 1 is 1.44 bits per heavy atom. The molecular formula is C11H24N2O2S. The first kappa shape index (κ1) is 13.9. The zero-order valence-electron chi connectivity index (χ0n) is 10.6. The molecule has 0 aromatic carbocycles. The van der Waals surface area contributed by atoms with Crippen molar-refractivity contribution in [1.29, 1.82) is 0 Å². The third kappa shape index (κ3) is 5.27. The molecule has 0 aromatic heterocycles. The number of nitrogens with zero attached hydrogens (tertiary/aromatic N) is 1. The van der Waals surface area contributed by atoms with Crippen molar-refractivity contribution in [3.8, 4) is 0 Å². The van der Waals surface area contributed by atoms with Crippen LogP contribution >= 0.6 is 0 Å². The maximum Gasteiger partial charge on any atom is 0.151 e. The number of hydrogen-bond acceptors (Lipinski definition) is 4. The molecule has 1 fully saturated rings. The molecule has 1 unspecified atom stereocenters. The van der Waals surface area contributed by atoms with Crippen LogP contribution in [0, 0.1) is 5.92 Å². The van der Waals surface area contributed by atoms with Gasteiger partial charge in [-0.05, 0) is 19.4 Å². The number of sulfone groups is 1. The Morgan fingerprint density at radius 3 is 2.62 bits per heavy atom. The molecule has 0 aliphatic carbocycles. The highest BCUT2D eigenvalue weighted by molar-refractivity contribution is 7.91. The van der Waals surface area contributed by atoms with Crippen LogP contribution in [0.1, 0.15) is 20.3 Å². The Kier molecular flexibility index (Phi) is 5.21. The van der Waals surface area contributed by atoms with Crippen LogP contribution in [0.25, 0.3) is 0 Å². The van der Waals surface area contributed by atoms with Gasteiger partial charge in [0.1, 0.15) is 0 Å². The largest absolute Gasteiger partial charge is 0.312 e. The summed E-state index contributed by atoms with van der Waals surface area (Å²) in [5.41, 5.74) is 0. The third-order valence-electron chi connectivity index (χ3n) is 2.84. The smallest absolute Gasteiger partial charge is 0.151 e. The molecule has 4 nitrogen and oxygen atoms in total. The van der Waals surface area contributed by atoms with E-state index in [1.165, 1.54) is 0 Å². The molecule has 5 heteroatoms. The molecule has 1 aliphatic heterocycles. The summed E-state index contributed by atoms with van der Waals surface area (Å²) in [7, 11) is -0.637. The molecule has 1 N–H and O–H groups in total. The van der Waals surface area contributed by atoms with E-state index in [9.17, 15) is 8.42 Å². The monoisotopic (exact) mass is 248 g/mol. The minimum Gasteiger partial charge on any atom is -0.312 e. The maximum atomic E-state index is 11.2.